The Bertz CT molecular complexity index is 663. The van der Waals surface area contributed by atoms with E-state index in [0.717, 1.165) is 0 Å². The van der Waals surface area contributed by atoms with Gasteiger partial charge in [-0.2, -0.15) is 17.7 Å². The summed E-state index contributed by atoms with van der Waals surface area (Å²) in [5.74, 6) is 0. The number of hydrogen-bond acceptors (Lipinski definition) is 1. The van der Waals surface area contributed by atoms with E-state index < -0.39 is 7.92 Å². The summed E-state index contributed by atoms with van der Waals surface area (Å²) < 4.78 is 5.57. The maximum absolute atomic E-state index is 5.57. The molecular formula is C20H20OP-. The maximum Gasteiger partial charge on any atom is 0.0348 e. The third kappa shape index (κ3) is 3.02. The van der Waals surface area contributed by atoms with Crippen LogP contribution < -0.4 is 15.9 Å². The Balaban J connectivity index is 2.13. The van der Waals surface area contributed by atoms with Crippen LogP contribution >= 0.6 is 7.92 Å². The normalized spacial score (nSPS) is 12.5. The van der Waals surface area contributed by atoms with Crippen molar-refractivity contribution in [1.82, 2.24) is 0 Å². The Morgan fingerprint density at radius 1 is 0.864 bits per heavy atom. The number of rotatable bonds is 5. The van der Waals surface area contributed by atoms with E-state index in [0.29, 0.717) is 0 Å². The van der Waals surface area contributed by atoms with Crippen molar-refractivity contribution in [2.24, 2.45) is 0 Å². The van der Waals surface area contributed by atoms with Crippen molar-refractivity contribution in [3.05, 3.63) is 84.4 Å². The van der Waals surface area contributed by atoms with Crippen LogP contribution in [0.15, 0.2) is 78.9 Å². The molecule has 1 atom stereocenters. The highest BCUT2D eigenvalue weighted by atomic mass is 31.1. The molecule has 1 unspecified atom stereocenters. The monoisotopic (exact) mass is 307 g/mol. The Morgan fingerprint density at radius 3 is 1.91 bits per heavy atom. The molecule has 3 rings (SSSR count). The molecule has 112 valence electrons. The first kappa shape index (κ1) is 15.1. The van der Waals surface area contributed by atoms with Gasteiger partial charge in [0.1, 0.15) is 0 Å². The highest BCUT2D eigenvalue weighted by Gasteiger charge is 2.16. The smallest absolute Gasteiger partial charge is 0.0348 e. The van der Waals surface area contributed by atoms with Crippen molar-refractivity contribution in [2.45, 2.75) is 13.0 Å². The van der Waals surface area contributed by atoms with Gasteiger partial charge in [0.2, 0.25) is 0 Å². The fourth-order valence-electron chi connectivity index (χ4n) is 2.68. The molecule has 0 bridgehead atoms. The van der Waals surface area contributed by atoms with Crippen LogP contribution in [-0.2, 0) is 4.74 Å². The van der Waals surface area contributed by atoms with Crippen LogP contribution in [0.4, 0.5) is 0 Å². The molecule has 0 heterocycles. The van der Waals surface area contributed by atoms with Crippen molar-refractivity contribution < 1.29 is 4.74 Å². The van der Waals surface area contributed by atoms with Crippen LogP contribution in [0.3, 0.4) is 0 Å². The average molecular weight is 307 g/mol. The number of hydrogen-bond donors (Lipinski definition) is 0. The lowest BCUT2D eigenvalue weighted by molar-refractivity contribution is 0.120. The predicted octanol–water partition coefficient (Wildman–Crippen LogP) is 3.87. The zero-order valence-corrected chi connectivity index (χ0v) is 13.8. The van der Waals surface area contributed by atoms with Gasteiger partial charge in [-0.05, 0) is 25.5 Å². The van der Waals surface area contributed by atoms with Crippen LogP contribution in [0.1, 0.15) is 18.6 Å². The Labute approximate surface area is 133 Å². The summed E-state index contributed by atoms with van der Waals surface area (Å²) in [7, 11) is 1.22. The highest BCUT2D eigenvalue weighted by molar-refractivity contribution is 7.79. The maximum atomic E-state index is 5.57. The average Bonchev–Trinajstić information content (AvgIpc) is 3.06. The fraction of sp³-hybridized carbons (Fsp3) is 0.150. The number of benzene rings is 2. The van der Waals surface area contributed by atoms with Gasteiger partial charge in [-0.3, -0.25) is 0 Å². The van der Waals surface area contributed by atoms with Gasteiger partial charge in [-0.1, -0.05) is 60.7 Å². The van der Waals surface area contributed by atoms with E-state index in [-0.39, 0.29) is 6.10 Å². The van der Waals surface area contributed by atoms with Crippen LogP contribution in [0.25, 0.3) is 0 Å². The lowest BCUT2D eigenvalue weighted by atomic mass is 10.2. The molecule has 0 amide bonds. The van der Waals surface area contributed by atoms with E-state index in [2.05, 4.69) is 85.8 Å². The molecule has 0 saturated carbocycles. The highest BCUT2D eigenvalue weighted by Crippen LogP contribution is 2.36. The molecule has 0 radical (unpaired) electrons. The van der Waals surface area contributed by atoms with Crippen molar-refractivity contribution in [3.8, 4) is 0 Å². The minimum atomic E-state index is -0.548. The van der Waals surface area contributed by atoms with Crippen molar-refractivity contribution in [3.63, 3.8) is 0 Å². The van der Waals surface area contributed by atoms with E-state index >= 15 is 0 Å². The zero-order chi connectivity index (χ0) is 15.4. The lowest BCUT2D eigenvalue weighted by Crippen LogP contribution is -2.22. The van der Waals surface area contributed by atoms with Crippen LogP contribution in [-0.4, -0.2) is 7.11 Å². The van der Waals surface area contributed by atoms with Gasteiger partial charge in [-0.15, -0.1) is 5.30 Å². The first-order chi connectivity index (χ1) is 10.8. The van der Waals surface area contributed by atoms with E-state index in [1.54, 1.807) is 7.11 Å². The van der Waals surface area contributed by atoms with Gasteiger partial charge >= 0.3 is 0 Å². The molecular weight excluding hydrogens is 287 g/mol. The molecule has 0 N–H and O–H groups in total. The molecule has 0 saturated heterocycles. The summed E-state index contributed by atoms with van der Waals surface area (Å²) in [6.45, 7) is 2.11. The van der Waals surface area contributed by atoms with E-state index in [9.17, 15) is 0 Å². The molecule has 22 heavy (non-hydrogen) atoms. The van der Waals surface area contributed by atoms with E-state index in [4.69, 9.17) is 4.74 Å². The summed E-state index contributed by atoms with van der Waals surface area (Å²) in [4.78, 5) is 0. The van der Waals surface area contributed by atoms with E-state index in [1.165, 1.54) is 21.5 Å². The largest absolute Gasteiger partial charge is 0.390 e. The standard InChI is InChI=1S/C20H20OP/c1-16(21-2)19-14-9-15-20(19)22(17-10-5-3-6-11-17)18-12-7-4-8-13-18/h3-16H,1-2H3/q-1. The zero-order valence-electron chi connectivity index (χ0n) is 12.9. The van der Waals surface area contributed by atoms with Crippen LogP contribution in [0.5, 0.6) is 0 Å². The fourth-order valence-corrected chi connectivity index (χ4v) is 5.22. The minimum absolute atomic E-state index is 0.113. The van der Waals surface area contributed by atoms with Gasteiger partial charge in [0.25, 0.3) is 0 Å². The molecule has 3 aromatic rings. The Morgan fingerprint density at radius 2 is 1.41 bits per heavy atom. The second kappa shape index (κ2) is 6.96. The van der Waals surface area contributed by atoms with Gasteiger partial charge in [0, 0.05) is 13.2 Å². The van der Waals surface area contributed by atoms with Gasteiger partial charge in [-0.25, -0.2) is 6.07 Å². The van der Waals surface area contributed by atoms with Crippen LogP contribution in [0, 0.1) is 0 Å². The molecule has 0 aliphatic rings. The molecule has 0 aliphatic carbocycles. The number of methoxy groups -OCH3 is 1. The Hall–Kier alpha value is -1.82. The molecule has 0 fully saturated rings. The van der Waals surface area contributed by atoms with Crippen molar-refractivity contribution in [2.75, 3.05) is 7.11 Å². The summed E-state index contributed by atoms with van der Waals surface area (Å²) >= 11 is 0. The van der Waals surface area contributed by atoms with Crippen LogP contribution in [0.2, 0.25) is 0 Å². The topological polar surface area (TPSA) is 9.23 Å². The van der Waals surface area contributed by atoms with Crippen molar-refractivity contribution >= 4 is 23.8 Å². The first-order valence-corrected chi connectivity index (χ1v) is 8.84. The molecule has 3 aromatic carbocycles. The van der Waals surface area contributed by atoms with Gasteiger partial charge in [0.15, 0.2) is 0 Å². The minimum Gasteiger partial charge on any atom is -0.390 e. The molecule has 0 spiro atoms. The first-order valence-electron chi connectivity index (χ1n) is 7.50. The molecule has 0 aromatic heterocycles. The molecule has 1 nitrogen and oxygen atoms in total. The third-order valence-electron chi connectivity index (χ3n) is 3.89. The molecule has 0 aliphatic heterocycles. The summed E-state index contributed by atoms with van der Waals surface area (Å²) in [6.07, 6.45) is 0.113. The molecule has 2 heteroatoms. The second-order valence-corrected chi connectivity index (χ2v) is 7.44. The van der Waals surface area contributed by atoms with Crippen molar-refractivity contribution in [1.29, 1.82) is 0 Å². The quantitative estimate of drug-likeness (QED) is 0.513. The van der Waals surface area contributed by atoms with Gasteiger partial charge < -0.3 is 4.74 Å². The summed E-state index contributed by atoms with van der Waals surface area (Å²) in [6, 6.07) is 28.1. The predicted molar refractivity (Wildman–Crippen MR) is 96.2 cm³/mol. The Kier molecular flexibility index (Phi) is 4.77. The summed E-state index contributed by atoms with van der Waals surface area (Å²) in [5, 5.41) is 4.14. The third-order valence-corrected chi connectivity index (χ3v) is 6.41. The second-order valence-electron chi connectivity index (χ2n) is 5.25. The SMILES string of the molecule is COC(C)c1cc[cH-]c1P(c1ccccc1)c1ccccc1. The lowest BCUT2D eigenvalue weighted by Gasteiger charge is -2.27. The van der Waals surface area contributed by atoms with Gasteiger partial charge in [0.05, 0.1) is 0 Å². The number of ether oxygens (including phenoxy) is 1. The van der Waals surface area contributed by atoms with E-state index in [1.807, 2.05) is 0 Å². The summed E-state index contributed by atoms with van der Waals surface area (Å²) in [5.41, 5.74) is 1.29.